The van der Waals surface area contributed by atoms with Crippen LogP contribution in [0.3, 0.4) is 0 Å². The number of nitrogens with zero attached hydrogens (tertiary/aromatic N) is 2. The molecule has 0 aliphatic heterocycles. The fraction of sp³-hybridized carbons (Fsp3) is 0.231. The first-order valence-electron chi connectivity index (χ1n) is 5.91. The molecule has 0 saturated carbocycles. The summed E-state index contributed by atoms with van der Waals surface area (Å²) in [5.74, 6) is -0.252. The molecule has 0 fully saturated rings. The number of benzene rings is 1. The van der Waals surface area contributed by atoms with Crippen LogP contribution in [0.5, 0.6) is 0 Å². The molecule has 5 nitrogen and oxygen atoms in total. The van der Waals surface area contributed by atoms with Crippen molar-refractivity contribution in [1.82, 2.24) is 9.78 Å². The van der Waals surface area contributed by atoms with E-state index in [1.807, 2.05) is 32.0 Å². The number of hydrogen-bond acceptors (Lipinski definition) is 3. The number of nitrogen functional groups attached to an aromatic ring is 1. The van der Waals surface area contributed by atoms with Gasteiger partial charge in [0, 0.05) is 16.7 Å². The highest BCUT2D eigenvalue weighted by molar-refractivity contribution is 9.10. The second kappa shape index (κ2) is 5.44. The van der Waals surface area contributed by atoms with E-state index in [0.29, 0.717) is 17.9 Å². The van der Waals surface area contributed by atoms with E-state index in [0.717, 1.165) is 15.7 Å². The number of amides is 1. The van der Waals surface area contributed by atoms with E-state index >= 15 is 0 Å². The molecule has 0 saturated heterocycles. The molecule has 0 aliphatic rings. The lowest BCUT2D eigenvalue weighted by Crippen LogP contribution is -2.19. The fourth-order valence-corrected chi connectivity index (χ4v) is 2.16. The van der Waals surface area contributed by atoms with Crippen LogP contribution in [-0.2, 0) is 6.54 Å². The molecule has 19 heavy (non-hydrogen) atoms. The smallest absolute Gasteiger partial charge is 0.276 e. The average Bonchev–Trinajstić information content (AvgIpc) is 2.75. The largest absolute Gasteiger partial charge is 0.396 e. The number of nitrogens with two attached hydrogens (primary N) is 1. The lowest BCUT2D eigenvalue weighted by Gasteiger charge is -2.10. The Hall–Kier alpha value is -1.82. The first-order valence-corrected chi connectivity index (χ1v) is 6.71. The molecule has 6 heteroatoms. The molecule has 2 aromatic rings. The van der Waals surface area contributed by atoms with Crippen molar-refractivity contribution in [3.8, 4) is 0 Å². The lowest BCUT2D eigenvalue weighted by atomic mass is 10.2. The normalized spacial score (nSPS) is 10.5. The summed E-state index contributed by atoms with van der Waals surface area (Å²) in [6.45, 7) is 4.44. The summed E-state index contributed by atoms with van der Waals surface area (Å²) in [4.78, 5) is 12.3. The molecule has 1 heterocycles. The number of aryl methyl sites for hydroxylation is 2. The highest BCUT2D eigenvalue weighted by Gasteiger charge is 2.16. The summed E-state index contributed by atoms with van der Waals surface area (Å²) in [5.41, 5.74) is 8.29. The van der Waals surface area contributed by atoms with Crippen molar-refractivity contribution in [2.45, 2.75) is 20.4 Å². The van der Waals surface area contributed by atoms with E-state index < -0.39 is 0 Å². The Bertz CT molecular complexity index is 621. The predicted molar refractivity (Wildman–Crippen MR) is 79.1 cm³/mol. The van der Waals surface area contributed by atoms with Crippen LogP contribution in [0.25, 0.3) is 0 Å². The zero-order valence-corrected chi connectivity index (χ0v) is 12.4. The third-order valence-corrected chi connectivity index (χ3v) is 3.32. The van der Waals surface area contributed by atoms with Crippen LogP contribution in [0.15, 0.2) is 28.9 Å². The maximum atomic E-state index is 12.3. The first kappa shape index (κ1) is 13.6. The van der Waals surface area contributed by atoms with Crippen molar-refractivity contribution in [2.75, 3.05) is 11.1 Å². The minimum atomic E-state index is -0.252. The van der Waals surface area contributed by atoms with Crippen LogP contribution in [0.2, 0.25) is 0 Å². The zero-order valence-electron chi connectivity index (χ0n) is 10.8. The van der Waals surface area contributed by atoms with Crippen molar-refractivity contribution < 1.29 is 4.79 Å². The number of carbonyl (C=O) groups is 1. The topological polar surface area (TPSA) is 72.9 Å². The molecule has 0 bridgehead atoms. The van der Waals surface area contributed by atoms with Crippen molar-refractivity contribution >= 4 is 33.2 Å². The average molecular weight is 323 g/mol. The van der Waals surface area contributed by atoms with E-state index in [4.69, 9.17) is 5.73 Å². The highest BCUT2D eigenvalue weighted by atomic mass is 79.9. The van der Waals surface area contributed by atoms with Gasteiger partial charge in [0.15, 0.2) is 0 Å². The Morgan fingerprint density at radius 2 is 2.26 bits per heavy atom. The van der Waals surface area contributed by atoms with Gasteiger partial charge in [0.2, 0.25) is 0 Å². The van der Waals surface area contributed by atoms with Gasteiger partial charge in [-0.15, -0.1) is 0 Å². The molecule has 3 N–H and O–H groups in total. The lowest BCUT2D eigenvalue weighted by molar-refractivity contribution is 0.101. The van der Waals surface area contributed by atoms with E-state index in [2.05, 4.69) is 26.3 Å². The van der Waals surface area contributed by atoms with Crippen LogP contribution in [0.4, 0.5) is 11.4 Å². The predicted octanol–water partition coefficient (Wildman–Crippen LogP) is 2.81. The van der Waals surface area contributed by atoms with Crippen LogP contribution in [0, 0.1) is 6.92 Å². The molecule has 1 aromatic heterocycles. The fourth-order valence-electron chi connectivity index (χ4n) is 1.80. The molecule has 100 valence electrons. The van der Waals surface area contributed by atoms with Gasteiger partial charge in [-0.3, -0.25) is 9.48 Å². The summed E-state index contributed by atoms with van der Waals surface area (Å²) >= 11 is 3.38. The Kier molecular flexibility index (Phi) is 3.90. The summed E-state index contributed by atoms with van der Waals surface area (Å²) in [6.07, 6.45) is 1.49. The minimum Gasteiger partial charge on any atom is -0.396 e. The number of hydrogen-bond donors (Lipinski definition) is 2. The van der Waals surface area contributed by atoms with Gasteiger partial charge in [-0.2, -0.15) is 5.10 Å². The van der Waals surface area contributed by atoms with Gasteiger partial charge in [-0.05, 0) is 31.5 Å². The molecular weight excluding hydrogens is 308 g/mol. The number of carbonyl (C=O) groups excluding carboxylic acids is 1. The van der Waals surface area contributed by atoms with Crippen molar-refractivity contribution in [2.24, 2.45) is 0 Å². The standard InChI is InChI=1S/C13H15BrN4O/c1-3-18-12(10(15)7-16-18)13(19)17-11-6-9(14)5-4-8(11)2/h4-7H,3,15H2,1-2H3,(H,17,19). The first-order chi connectivity index (χ1) is 9.02. The van der Waals surface area contributed by atoms with Gasteiger partial charge in [0.05, 0.1) is 11.9 Å². The second-order valence-electron chi connectivity index (χ2n) is 4.18. The minimum absolute atomic E-state index is 0.252. The number of rotatable bonds is 3. The van der Waals surface area contributed by atoms with E-state index in [-0.39, 0.29) is 5.91 Å². The van der Waals surface area contributed by atoms with Gasteiger partial charge < -0.3 is 11.1 Å². The molecule has 0 unspecified atom stereocenters. The molecule has 0 atom stereocenters. The number of nitrogens with one attached hydrogen (secondary N) is 1. The van der Waals surface area contributed by atoms with Crippen molar-refractivity contribution in [3.05, 3.63) is 40.1 Å². The molecule has 0 spiro atoms. The number of halogens is 1. The monoisotopic (exact) mass is 322 g/mol. The molecule has 1 amide bonds. The zero-order chi connectivity index (χ0) is 14.0. The van der Waals surface area contributed by atoms with E-state index in [1.54, 1.807) is 4.68 Å². The van der Waals surface area contributed by atoms with Crippen LogP contribution >= 0.6 is 15.9 Å². The van der Waals surface area contributed by atoms with Crippen LogP contribution in [-0.4, -0.2) is 15.7 Å². The second-order valence-corrected chi connectivity index (χ2v) is 5.09. The third-order valence-electron chi connectivity index (χ3n) is 2.83. The highest BCUT2D eigenvalue weighted by Crippen LogP contribution is 2.22. The molecule has 0 radical (unpaired) electrons. The Morgan fingerprint density at radius 3 is 2.95 bits per heavy atom. The van der Waals surface area contributed by atoms with Crippen molar-refractivity contribution in [3.63, 3.8) is 0 Å². The van der Waals surface area contributed by atoms with Crippen LogP contribution < -0.4 is 11.1 Å². The van der Waals surface area contributed by atoms with Gasteiger partial charge in [0.1, 0.15) is 5.69 Å². The Labute approximate surface area is 119 Å². The van der Waals surface area contributed by atoms with E-state index in [9.17, 15) is 4.79 Å². The maximum absolute atomic E-state index is 12.3. The van der Waals surface area contributed by atoms with Gasteiger partial charge in [-0.25, -0.2) is 0 Å². The summed E-state index contributed by atoms with van der Waals surface area (Å²) in [6, 6.07) is 5.71. The van der Waals surface area contributed by atoms with Gasteiger partial charge >= 0.3 is 0 Å². The summed E-state index contributed by atoms with van der Waals surface area (Å²) in [5, 5.41) is 6.92. The van der Waals surface area contributed by atoms with E-state index in [1.165, 1.54) is 6.20 Å². The summed E-state index contributed by atoms with van der Waals surface area (Å²) < 4.78 is 2.49. The maximum Gasteiger partial charge on any atom is 0.276 e. The number of aromatic nitrogens is 2. The molecule has 1 aromatic carbocycles. The van der Waals surface area contributed by atoms with Crippen LogP contribution in [0.1, 0.15) is 23.0 Å². The van der Waals surface area contributed by atoms with Crippen molar-refractivity contribution in [1.29, 1.82) is 0 Å². The van der Waals surface area contributed by atoms with Gasteiger partial charge in [0.25, 0.3) is 5.91 Å². The molecule has 2 rings (SSSR count). The Balaban J connectivity index is 2.30. The Morgan fingerprint density at radius 1 is 1.53 bits per heavy atom. The van der Waals surface area contributed by atoms with Gasteiger partial charge in [-0.1, -0.05) is 22.0 Å². The SMILES string of the molecule is CCn1ncc(N)c1C(=O)Nc1cc(Br)ccc1C. The summed E-state index contributed by atoms with van der Waals surface area (Å²) in [7, 11) is 0. The molecule has 0 aliphatic carbocycles. The quantitative estimate of drug-likeness (QED) is 0.912. The third kappa shape index (κ3) is 2.78. The number of anilines is 2. The molecular formula is C13H15BrN4O.